The molecule has 0 aromatic rings. The number of halogens is 3. The second kappa shape index (κ2) is 4.51. The number of Topliss-reactive ketones (excluding diaryl/α,β-unsaturated/α-hetero) is 1. The second-order valence-corrected chi connectivity index (χ2v) is 4.01. The van der Waals surface area contributed by atoms with Crippen LogP contribution >= 0.6 is 0 Å². The first kappa shape index (κ1) is 12.5. The molecule has 1 saturated carbocycles. The monoisotopic (exact) mass is 223 g/mol. The molecule has 1 unspecified atom stereocenters. The summed E-state index contributed by atoms with van der Waals surface area (Å²) in [7, 11) is 0. The van der Waals surface area contributed by atoms with Crippen LogP contribution in [0.1, 0.15) is 33.1 Å². The summed E-state index contributed by atoms with van der Waals surface area (Å²) < 4.78 is 36.8. The highest BCUT2D eigenvalue weighted by atomic mass is 19.4. The highest BCUT2D eigenvalue weighted by molar-refractivity contribution is 5.83. The largest absolute Gasteiger partial charge is 0.401 e. The van der Waals surface area contributed by atoms with Gasteiger partial charge in [-0.3, -0.25) is 9.69 Å². The smallest absolute Gasteiger partial charge is 0.298 e. The molecule has 0 aromatic carbocycles. The van der Waals surface area contributed by atoms with E-state index in [0.29, 0.717) is 6.42 Å². The normalized spacial score (nSPS) is 19.3. The second-order valence-electron chi connectivity index (χ2n) is 4.01. The van der Waals surface area contributed by atoms with E-state index in [4.69, 9.17) is 0 Å². The van der Waals surface area contributed by atoms with Crippen LogP contribution in [0.25, 0.3) is 0 Å². The Morgan fingerprint density at radius 2 is 2.00 bits per heavy atom. The van der Waals surface area contributed by atoms with Gasteiger partial charge in [0.25, 0.3) is 0 Å². The number of carbonyl (C=O) groups excluding carboxylic acids is 1. The maximum absolute atomic E-state index is 12.3. The minimum atomic E-state index is -4.22. The number of hydrogen-bond donors (Lipinski definition) is 0. The van der Waals surface area contributed by atoms with Crippen molar-refractivity contribution in [2.45, 2.75) is 51.4 Å². The van der Waals surface area contributed by atoms with Gasteiger partial charge in [-0.15, -0.1) is 0 Å². The summed E-state index contributed by atoms with van der Waals surface area (Å²) in [4.78, 5) is 12.6. The van der Waals surface area contributed by atoms with E-state index in [2.05, 4.69) is 0 Å². The number of carbonyl (C=O) groups is 1. The summed E-state index contributed by atoms with van der Waals surface area (Å²) in [5.74, 6) is -0.119. The highest BCUT2D eigenvalue weighted by Crippen LogP contribution is 2.32. The van der Waals surface area contributed by atoms with Crippen molar-refractivity contribution in [2.75, 3.05) is 6.54 Å². The number of hydrogen-bond acceptors (Lipinski definition) is 2. The predicted octanol–water partition coefficient (Wildman–Crippen LogP) is 2.38. The van der Waals surface area contributed by atoms with Crippen molar-refractivity contribution in [1.29, 1.82) is 0 Å². The highest BCUT2D eigenvalue weighted by Gasteiger charge is 2.41. The molecule has 1 aliphatic carbocycles. The Labute approximate surface area is 87.4 Å². The van der Waals surface area contributed by atoms with Gasteiger partial charge in [-0.1, -0.05) is 6.92 Å². The maximum Gasteiger partial charge on any atom is 0.401 e. The molecule has 88 valence electrons. The molecule has 0 N–H and O–H groups in total. The summed E-state index contributed by atoms with van der Waals surface area (Å²) >= 11 is 0. The zero-order valence-electron chi connectivity index (χ0n) is 8.97. The van der Waals surface area contributed by atoms with Gasteiger partial charge in [-0.2, -0.15) is 13.2 Å². The van der Waals surface area contributed by atoms with Crippen LogP contribution < -0.4 is 0 Å². The van der Waals surface area contributed by atoms with E-state index in [-0.39, 0.29) is 11.8 Å². The zero-order chi connectivity index (χ0) is 11.6. The first-order valence-electron chi connectivity index (χ1n) is 5.20. The van der Waals surface area contributed by atoms with Crippen molar-refractivity contribution in [3.63, 3.8) is 0 Å². The van der Waals surface area contributed by atoms with Gasteiger partial charge in [-0.25, -0.2) is 0 Å². The summed E-state index contributed by atoms with van der Waals surface area (Å²) in [5, 5.41) is 0. The number of alkyl halides is 3. The topological polar surface area (TPSA) is 20.3 Å². The Bertz CT molecular complexity index is 235. The van der Waals surface area contributed by atoms with E-state index in [1.165, 1.54) is 4.90 Å². The van der Waals surface area contributed by atoms with Crippen LogP contribution in [0.2, 0.25) is 0 Å². The fraction of sp³-hybridized carbons (Fsp3) is 0.900. The fourth-order valence-electron chi connectivity index (χ4n) is 1.68. The van der Waals surface area contributed by atoms with Gasteiger partial charge in [0.05, 0.1) is 12.6 Å². The predicted molar refractivity (Wildman–Crippen MR) is 50.5 cm³/mol. The lowest BCUT2D eigenvalue weighted by atomic mass is 10.1. The lowest BCUT2D eigenvalue weighted by Crippen LogP contribution is -2.45. The zero-order valence-corrected chi connectivity index (χ0v) is 8.97. The first-order valence-corrected chi connectivity index (χ1v) is 5.20. The molecule has 1 rings (SSSR count). The van der Waals surface area contributed by atoms with Crippen LogP contribution in [0.5, 0.6) is 0 Å². The minimum Gasteiger partial charge on any atom is -0.298 e. The molecule has 15 heavy (non-hydrogen) atoms. The molecule has 0 radical (unpaired) electrons. The van der Waals surface area contributed by atoms with Gasteiger partial charge in [0.2, 0.25) is 0 Å². The first-order chi connectivity index (χ1) is 6.85. The number of ketones is 1. The molecule has 0 bridgehead atoms. The molecule has 0 amide bonds. The van der Waals surface area contributed by atoms with Crippen molar-refractivity contribution in [2.24, 2.45) is 0 Å². The summed E-state index contributed by atoms with van der Waals surface area (Å²) in [6.07, 6.45) is -2.37. The van der Waals surface area contributed by atoms with Crippen LogP contribution in [-0.2, 0) is 4.79 Å². The molecule has 0 spiro atoms. The fourth-order valence-corrected chi connectivity index (χ4v) is 1.68. The molecule has 1 atom stereocenters. The Hall–Kier alpha value is -0.580. The molecule has 0 saturated heterocycles. The van der Waals surface area contributed by atoms with Gasteiger partial charge in [0.15, 0.2) is 0 Å². The SMILES string of the molecule is CCC(=O)C(C)N(CC(F)(F)F)C1CC1. The van der Waals surface area contributed by atoms with Crippen molar-refractivity contribution in [1.82, 2.24) is 4.90 Å². The van der Waals surface area contributed by atoms with E-state index in [9.17, 15) is 18.0 Å². The number of rotatable bonds is 5. The standard InChI is InChI=1S/C10H16F3NO/c1-3-9(15)7(2)14(8-4-5-8)6-10(11,12)13/h7-8H,3-6H2,1-2H3. The van der Waals surface area contributed by atoms with Crippen LogP contribution in [-0.4, -0.2) is 35.5 Å². The van der Waals surface area contributed by atoms with Crippen LogP contribution in [0.4, 0.5) is 13.2 Å². The maximum atomic E-state index is 12.3. The van der Waals surface area contributed by atoms with E-state index in [1.54, 1.807) is 13.8 Å². The van der Waals surface area contributed by atoms with Crippen LogP contribution in [0, 0.1) is 0 Å². The van der Waals surface area contributed by atoms with Crippen molar-refractivity contribution in [3.8, 4) is 0 Å². The minimum absolute atomic E-state index is 0.0443. The average molecular weight is 223 g/mol. The lowest BCUT2D eigenvalue weighted by Gasteiger charge is -2.28. The number of nitrogens with zero attached hydrogens (tertiary/aromatic N) is 1. The Balaban J connectivity index is 2.61. The molecule has 1 aliphatic rings. The van der Waals surface area contributed by atoms with Gasteiger partial charge in [-0.05, 0) is 19.8 Å². The van der Waals surface area contributed by atoms with Crippen LogP contribution in [0.15, 0.2) is 0 Å². The third-order valence-corrected chi connectivity index (χ3v) is 2.69. The lowest BCUT2D eigenvalue weighted by molar-refractivity contribution is -0.155. The summed E-state index contributed by atoms with van der Waals surface area (Å²) in [6, 6.07) is -0.652. The Morgan fingerprint density at radius 1 is 1.47 bits per heavy atom. The third kappa shape index (κ3) is 3.81. The van der Waals surface area contributed by atoms with E-state index < -0.39 is 18.8 Å². The van der Waals surface area contributed by atoms with E-state index in [0.717, 1.165) is 12.8 Å². The Kier molecular flexibility index (Phi) is 3.76. The van der Waals surface area contributed by atoms with Gasteiger partial charge in [0.1, 0.15) is 5.78 Å². The Morgan fingerprint density at radius 3 is 2.33 bits per heavy atom. The molecule has 1 fully saturated rings. The average Bonchev–Trinajstić information content (AvgIpc) is 2.93. The van der Waals surface area contributed by atoms with Crippen molar-refractivity contribution < 1.29 is 18.0 Å². The van der Waals surface area contributed by atoms with Gasteiger partial charge < -0.3 is 0 Å². The quantitative estimate of drug-likeness (QED) is 0.713. The van der Waals surface area contributed by atoms with Gasteiger partial charge >= 0.3 is 6.18 Å². The molecule has 0 heterocycles. The van der Waals surface area contributed by atoms with E-state index in [1.807, 2.05) is 0 Å². The molecule has 0 aromatic heterocycles. The molecular formula is C10H16F3NO. The van der Waals surface area contributed by atoms with Crippen LogP contribution in [0.3, 0.4) is 0 Å². The molecular weight excluding hydrogens is 207 g/mol. The van der Waals surface area contributed by atoms with E-state index >= 15 is 0 Å². The third-order valence-electron chi connectivity index (χ3n) is 2.69. The molecule has 0 aliphatic heterocycles. The summed E-state index contributed by atoms with van der Waals surface area (Å²) in [5.41, 5.74) is 0. The summed E-state index contributed by atoms with van der Waals surface area (Å²) in [6.45, 7) is 2.28. The molecule has 5 heteroatoms. The van der Waals surface area contributed by atoms with Crippen molar-refractivity contribution in [3.05, 3.63) is 0 Å². The van der Waals surface area contributed by atoms with Gasteiger partial charge in [0, 0.05) is 12.5 Å². The van der Waals surface area contributed by atoms with Crippen molar-refractivity contribution >= 4 is 5.78 Å². The molecule has 2 nitrogen and oxygen atoms in total.